The lowest BCUT2D eigenvalue weighted by atomic mass is 9.84. The monoisotopic (exact) mass is 417 g/mol. The molecular formula is C25H27N3O3. The maximum atomic E-state index is 12.9. The van der Waals surface area contributed by atoms with E-state index in [0.29, 0.717) is 38.4 Å². The molecule has 2 aromatic carbocycles. The molecule has 1 aliphatic heterocycles. The van der Waals surface area contributed by atoms with Crippen molar-refractivity contribution in [2.45, 2.75) is 25.4 Å². The van der Waals surface area contributed by atoms with E-state index in [1.54, 1.807) is 17.2 Å². The van der Waals surface area contributed by atoms with Crippen LogP contribution in [0.5, 0.6) is 0 Å². The highest BCUT2D eigenvalue weighted by Crippen LogP contribution is 2.30. The summed E-state index contributed by atoms with van der Waals surface area (Å²) in [5, 5.41) is 5.95. The fraction of sp³-hybridized carbons (Fsp3) is 0.280. The van der Waals surface area contributed by atoms with Gasteiger partial charge in [0.2, 0.25) is 5.91 Å². The fourth-order valence-corrected chi connectivity index (χ4v) is 4.04. The minimum atomic E-state index is -0.281. The Morgan fingerprint density at radius 3 is 2.32 bits per heavy atom. The predicted molar refractivity (Wildman–Crippen MR) is 118 cm³/mol. The summed E-state index contributed by atoms with van der Waals surface area (Å²) in [6, 6.07) is 23.4. The highest BCUT2D eigenvalue weighted by atomic mass is 16.3. The second-order valence-corrected chi connectivity index (χ2v) is 7.89. The van der Waals surface area contributed by atoms with Crippen LogP contribution in [-0.2, 0) is 17.9 Å². The second-order valence-electron chi connectivity index (χ2n) is 7.89. The van der Waals surface area contributed by atoms with Gasteiger partial charge in [0.15, 0.2) is 0 Å². The van der Waals surface area contributed by atoms with Crippen LogP contribution in [0.2, 0.25) is 0 Å². The van der Waals surface area contributed by atoms with Crippen molar-refractivity contribution >= 4 is 11.9 Å². The van der Waals surface area contributed by atoms with E-state index in [2.05, 4.69) is 22.8 Å². The van der Waals surface area contributed by atoms with Crippen molar-refractivity contribution in [2.75, 3.05) is 13.1 Å². The van der Waals surface area contributed by atoms with Gasteiger partial charge in [0, 0.05) is 25.6 Å². The summed E-state index contributed by atoms with van der Waals surface area (Å²) in [5.74, 6) is 0.479. The van der Waals surface area contributed by atoms with Crippen LogP contribution in [-0.4, -0.2) is 29.9 Å². The van der Waals surface area contributed by atoms with Crippen molar-refractivity contribution in [1.82, 2.24) is 15.5 Å². The molecular weight excluding hydrogens is 390 g/mol. The standard InChI is InChI=1S/C25H27N3O3/c29-24(26-16-23-12-7-13-31-23)22-14-21(20-10-5-2-6-11-20)17-28(18-22)25(30)27-15-19-8-3-1-4-9-19/h1-13,21-22H,14-18H2,(H,26,29)(H,27,30)/t21-,22+/m0/s1. The first-order valence-electron chi connectivity index (χ1n) is 10.6. The van der Waals surface area contributed by atoms with Gasteiger partial charge < -0.3 is 20.0 Å². The molecule has 31 heavy (non-hydrogen) atoms. The van der Waals surface area contributed by atoms with Crippen LogP contribution in [0.25, 0.3) is 0 Å². The van der Waals surface area contributed by atoms with E-state index < -0.39 is 0 Å². The molecule has 2 atom stereocenters. The zero-order valence-electron chi connectivity index (χ0n) is 17.4. The molecule has 4 rings (SSSR count). The molecule has 1 fully saturated rings. The molecule has 0 aliphatic carbocycles. The molecule has 6 heteroatoms. The van der Waals surface area contributed by atoms with E-state index in [4.69, 9.17) is 4.42 Å². The van der Waals surface area contributed by atoms with Gasteiger partial charge in [-0.1, -0.05) is 60.7 Å². The third-order valence-corrected chi connectivity index (χ3v) is 5.68. The summed E-state index contributed by atoms with van der Waals surface area (Å²) < 4.78 is 5.31. The average Bonchev–Trinajstić information content (AvgIpc) is 3.35. The van der Waals surface area contributed by atoms with E-state index >= 15 is 0 Å². The molecule has 3 aromatic rings. The Kier molecular flexibility index (Phi) is 6.67. The van der Waals surface area contributed by atoms with Crippen LogP contribution in [0.1, 0.15) is 29.2 Å². The van der Waals surface area contributed by atoms with E-state index in [0.717, 1.165) is 11.1 Å². The van der Waals surface area contributed by atoms with Crippen LogP contribution in [0.4, 0.5) is 4.79 Å². The minimum absolute atomic E-state index is 0.0575. The predicted octanol–water partition coefficient (Wildman–Crippen LogP) is 3.91. The minimum Gasteiger partial charge on any atom is -0.467 e. The van der Waals surface area contributed by atoms with Gasteiger partial charge in [-0.3, -0.25) is 4.79 Å². The van der Waals surface area contributed by atoms with Crippen molar-refractivity contribution in [3.63, 3.8) is 0 Å². The Morgan fingerprint density at radius 2 is 1.61 bits per heavy atom. The third-order valence-electron chi connectivity index (χ3n) is 5.68. The van der Waals surface area contributed by atoms with Crippen LogP contribution >= 0.6 is 0 Å². The summed E-state index contributed by atoms with van der Waals surface area (Å²) >= 11 is 0. The zero-order valence-corrected chi connectivity index (χ0v) is 17.4. The van der Waals surface area contributed by atoms with E-state index in [1.165, 1.54) is 0 Å². The Morgan fingerprint density at radius 1 is 0.871 bits per heavy atom. The molecule has 160 valence electrons. The van der Waals surface area contributed by atoms with Gasteiger partial charge in [-0.2, -0.15) is 0 Å². The SMILES string of the molecule is O=C(NCc1ccco1)[C@@H]1C[C@H](c2ccccc2)CN(C(=O)NCc2ccccc2)C1. The number of nitrogens with one attached hydrogen (secondary N) is 2. The smallest absolute Gasteiger partial charge is 0.317 e. The third kappa shape index (κ3) is 5.54. The summed E-state index contributed by atoms with van der Waals surface area (Å²) in [4.78, 5) is 27.6. The number of amides is 3. The molecule has 0 saturated carbocycles. The zero-order chi connectivity index (χ0) is 21.5. The van der Waals surface area contributed by atoms with Crippen molar-refractivity contribution in [1.29, 1.82) is 0 Å². The largest absolute Gasteiger partial charge is 0.467 e. The van der Waals surface area contributed by atoms with Gasteiger partial charge in [-0.25, -0.2) is 4.79 Å². The van der Waals surface area contributed by atoms with Crippen molar-refractivity contribution < 1.29 is 14.0 Å². The van der Waals surface area contributed by atoms with Gasteiger partial charge in [0.25, 0.3) is 0 Å². The van der Waals surface area contributed by atoms with Gasteiger partial charge in [0.05, 0.1) is 18.7 Å². The fourth-order valence-electron chi connectivity index (χ4n) is 4.04. The van der Waals surface area contributed by atoms with Crippen molar-refractivity contribution in [2.24, 2.45) is 5.92 Å². The molecule has 0 radical (unpaired) electrons. The number of furan rings is 1. The van der Waals surface area contributed by atoms with Crippen LogP contribution in [0, 0.1) is 5.92 Å². The highest BCUT2D eigenvalue weighted by molar-refractivity contribution is 5.81. The van der Waals surface area contributed by atoms with E-state index in [9.17, 15) is 9.59 Å². The highest BCUT2D eigenvalue weighted by Gasteiger charge is 2.34. The molecule has 0 unspecified atom stereocenters. The van der Waals surface area contributed by atoms with E-state index in [1.807, 2.05) is 54.6 Å². The first-order valence-corrected chi connectivity index (χ1v) is 10.6. The molecule has 0 bridgehead atoms. The number of rotatable bonds is 6. The van der Waals surface area contributed by atoms with Crippen molar-refractivity contribution in [3.05, 3.63) is 95.9 Å². The van der Waals surface area contributed by atoms with Gasteiger partial charge >= 0.3 is 6.03 Å². The van der Waals surface area contributed by atoms with Gasteiger partial charge in [-0.05, 0) is 29.7 Å². The number of hydrogen-bond donors (Lipinski definition) is 2. The Bertz CT molecular complexity index is 974. The first-order chi connectivity index (χ1) is 15.2. The summed E-state index contributed by atoms with van der Waals surface area (Å²) in [6.07, 6.45) is 2.29. The Labute approximate surface area is 182 Å². The van der Waals surface area contributed by atoms with E-state index in [-0.39, 0.29) is 23.8 Å². The molecule has 1 aliphatic rings. The lowest BCUT2D eigenvalue weighted by Gasteiger charge is -2.37. The Hall–Kier alpha value is -3.54. The maximum absolute atomic E-state index is 12.9. The number of likely N-dealkylation sites (tertiary alicyclic amines) is 1. The maximum Gasteiger partial charge on any atom is 0.317 e. The van der Waals surface area contributed by atoms with Gasteiger partial charge in [-0.15, -0.1) is 0 Å². The molecule has 6 nitrogen and oxygen atoms in total. The first kappa shape index (κ1) is 20.7. The Balaban J connectivity index is 1.43. The molecule has 1 aromatic heterocycles. The number of nitrogens with zero attached hydrogens (tertiary/aromatic N) is 1. The number of piperidine rings is 1. The van der Waals surface area contributed by atoms with Crippen LogP contribution in [0.3, 0.4) is 0 Å². The normalized spacial score (nSPS) is 18.4. The second kappa shape index (κ2) is 9.98. The van der Waals surface area contributed by atoms with Crippen LogP contribution < -0.4 is 10.6 Å². The topological polar surface area (TPSA) is 74.6 Å². The van der Waals surface area contributed by atoms with Crippen LogP contribution in [0.15, 0.2) is 83.5 Å². The lowest BCUT2D eigenvalue weighted by Crippen LogP contribution is -2.50. The number of hydrogen-bond acceptors (Lipinski definition) is 3. The van der Waals surface area contributed by atoms with Crippen molar-refractivity contribution in [3.8, 4) is 0 Å². The van der Waals surface area contributed by atoms with Gasteiger partial charge in [0.1, 0.15) is 5.76 Å². The number of benzene rings is 2. The molecule has 2 N–H and O–H groups in total. The average molecular weight is 418 g/mol. The number of urea groups is 1. The number of carbonyl (C=O) groups excluding carboxylic acids is 2. The summed E-state index contributed by atoms with van der Waals surface area (Å²) in [5.41, 5.74) is 2.19. The lowest BCUT2D eigenvalue weighted by molar-refractivity contribution is -0.126. The summed E-state index contributed by atoms with van der Waals surface area (Å²) in [7, 11) is 0. The summed E-state index contributed by atoms with van der Waals surface area (Å²) in [6.45, 7) is 1.79. The molecule has 0 spiro atoms. The number of carbonyl (C=O) groups is 2. The molecule has 1 saturated heterocycles. The quantitative estimate of drug-likeness (QED) is 0.639. The molecule has 2 heterocycles. The molecule has 3 amide bonds.